The fourth-order valence-corrected chi connectivity index (χ4v) is 3.16. The van der Waals surface area contributed by atoms with Crippen LogP contribution in [0.5, 0.6) is 0 Å². The number of benzene rings is 1. The second kappa shape index (κ2) is 6.01. The first-order valence-electron chi connectivity index (χ1n) is 5.82. The average molecular weight is 361 g/mol. The van der Waals surface area contributed by atoms with E-state index in [4.69, 9.17) is 0 Å². The van der Waals surface area contributed by atoms with Crippen molar-refractivity contribution in [1.82, 2.24) is 4.90 Å². The topological polar surface area (TPSA) is 20.3 Å². The number of hydrogen-bond donors (Lipinski definition) is 0. The third-order valence-electron chi connectivity index (χ3n) is 3.13. The van der Waals surface area contributed by atoms with E-state index in [1.54, 1.807) is 0 Å². The highest BCUT2D eigenvalue weighted by Gasteiger charge is 2.24. The Morgan fingerprint density at radius 2 is 2.18 bits per heavy atom. The number of likely N-dealkylation sites (tertiary alicyclic amines) is 1. The SMILES string of the molecule is O=C(c1ccccc1Br)N1CCCC(CBr)C1. The van der Waals surface area contributed by atoms with Crippen LogP contribution in [-0.2, 0) is 0 Å². The van der Waals surface area contributed by atoms with Crippen LogP contribution < -0.4 is 0 Å². The van der Waals surface area contributed by atoms with Gasteiger partial charge in [-0.2, -0.15) is 0 Å². The van der Waals surface area contributed by atoms with Crippen molar-refractivity contribution in [2.45, 2.75) is 12.8 Å². The Labute approximate surface area is 119 Å². The summed E-state index contributed by atoms with van der Waals surface area (Å²) in [5.74, 6) is 0.735. The van der Waals surface area contributed by atoms with E-state index >= 15 is 0 Å². The molecule has 1 aliphatic rings. The van der Waals surface area contributed by atoms with Crippen molar-refractivity contribution < 1.29 is 4.79 Å². The highest BCUT2D eigenvalue weighted by Crippen LogP contribution is 2.23. The van der Waals surface area contributed by atoms with E-state index in [1.807, 2.05) is 29.2 Å². The second-order valence-corrected chi connectivity index (χ2v) is 5.90. The predicted octanol–water partition coefficient (Wildman–Crippen LogP) is 3.70. The first kappa shape index (κ1) is 13.1. The summed E-state index contributed by atoms with van der Waals surface area (Å²) in [5, 5.41) is 0.979. The first-order valence-corrected chi connectivity index (χ1v) is 7.73. The van der Waals surface area contributed by atoms with Crippen LogP contribution in [0.2, 0.25) is 0 Å². The standard InChI is InChI=1S/C13H15Br2NO/c14-8-10-4-3-7-16(9-10)13(17)11-5-1-2-6-12(11)15/h1-2,5-6,10H,3-4,7-9H2. The van der Waals surface area contributed by atoms with Crippen LogP contribution >= 0.6 is 31.9 Å². The van der Waals surface area contributed by atoms with Crippen molar-refractivity contribution in [2.75, 3.05) is 18.4 Å². The van der Waals surface area contributed by atoms with Gasteiger partial charge in [-0.3, -0.25) is 4.79 Å². The van der Waals surface area contributed by atoms with E-state index in [0.29, 0.717) is 5.92 Å². The Hall–Kier alpha value is -0.350. The van der Waals surface area contributed by atoms with Crippen LogP contribution in [0.15, 0.2) is 28.7 Å². The van der Waals surface area contributed by atoms with Gasteiger partial charge in [0.05, 0.1) is 5.56 Å². The average Bonchev–Trinajstić information content (AvgIpc) is 2.38. The summed E-state index contributed by atoms with van der Waals surface area (Å²) in [6, 6.07) is 7.63. The monoisotopic (exact) mass is 359 g/mol. The number of alkyl halides is 1. The molecule has 0 N–H and O–H groups in total. The van der Waals surface area contributed by atoms with Gasteiger partial charge in [0.25, 0.3) is 5.91 Å². The van der Waals surface area contributed by atoms with Gasteiger partial charge in [0.1, 0.15) is 0 Å². The van der Waals surface area contributed by atoms with Crippen LogP contribution in [0.4, 0.5) is 0 Å². The largest absolute Gasteiger partial charge is 0.338 e. The third-order valence-corrected chi connectivity index (χ3v) is 4.74. The lowest BCUT2D eigenvalue weighted by Gasteiger charge is -2.32. The second-order valence-electron chi connectivity index (χ2n) is 4.39. The zero-order valence-corrected chi connectivity index (χ0v) is 12.7. The molecule has 92 valence electrons. The molecule has 0 bridgehead atoms. The Kier molecular flexibility index (Phi) is 4.62. The number of amides is 1. The van der Waals surface area contributed by atoms with Gasteiger partial charge in [-0.15, -0.1) is 0 Å². The molecule has 1 aliphatic heterocycles. The molecule has 0 spiro atoms. The lowest BCUT2D eigenvalue weighted by Crippen LogP contribution is -2.40. The lowest BCUT2D eigenvalue weighted by atomic mass is 9.99. The molecule has 4 heteroatoms. The van der Waals surface area contributed by atoms with E-state index in [2.05, 4.69) is 31.9 Å². The molecule has 1 fully saturated rings. The first-order chi connectivity index (χ1) is 8.22. The summed E-state index contributed by atoms with van der Waals surface area (Å²) in [6.45, 7) is 1.75. The van der Waals surface area contributed by atoms with Crippen LogP contribution in [-0.4, -0.2) is 29.2 Å². The van der Waals surface area contributed by atoms with Crippen LogP contribution in [0.25, 0.3) is 0 Å². The minimum atomic E-state index is 0.142. The normalized spacial score (nSPS) is 20.4. The van der Waals surface area contributed by atoms with Crippen molar-refractivity contribution in [2.24, 2.45) is 5.92 Å². The van der Waals surface area contributed by atoms with Gasteiger partial charge in [-0.25, -0.2) is 0 Å². The highest BCUT2D eigenvalue weighted by molar-refractivity contribution is 9.10. The number of rotatable bonds is 2. The molecule has 0 aliphatic carbocycles. The molecule has 1 aromatic rings. The molecule has 0 saturated carbocycles. The van der Waals surface area contributed by atoms with Crippen LogP contribution in [0, 0.1) is 5.92 Å². The Morgan fingerprint density at radius 3 is 2.88 bits per heavy atom. The predicted molar refractivity (Wildman–Crippen MR) is 76.6 cm³/mol. The van der Waals surface area contributed by atoms with Gasteiger partial charge in [-0.05, 0) is 46.8 Å². The zero-order valence-electron chi connectivity index (χ0n) is 9.53. The molecule has 1 amide bonds. The smallest absolute Gasteiger partial charge is 0.255 e. The number of piperidine rings is 1. The lowest BCUT2D eigenvalue weighted by molar-refractivity contribution is 0.0685. The number of nitrogens with zero attached hydrogens (tertiary/aromatic N) is 1. The molecular formula is C13H15Br2NO. The molecular weight excluding hydrogens is 346 g/mol. The summed E-state index contributed by atoms with van der Waals surface area (Å²) in [7, 11) is 0. The molecule has 17 heavy (non-hydrogen) atoms. The van der Waals surface area contributed by atoms with Crippen molar-refractivity contribution >= 4 is 37.8 Å². The molecule has 0 aromatic heterocycles. The zero-order chi connectivity index (χ0) is 12.3. The van der Waals surface area contributed by atoms with Gasteiger partial charge in [0.15, 0.2) is 0 Å². The maximum atomic E-state index is 12.4. The number of hydrogen-bond acceptors (Lipinski definition) is 1. The maximum Gasteiger partial charge on any atom is 0.255 e. The van der Waals surface area contributed by atoms with Crippen molar-refractivity contribution in [1.29, 1.82) is 0 Å². The van der Waals surface area contributed by atoms with Crippen molar-refractivity contribution in [3.05, 3.63) is 34.3 Å². The minimum Gasteiger partial charge on any atom is -0.338 e. The number of carbonyl (C=O) groups is 1. The molecule has 1 heterocycles. The van der Waals surface area contributed by atoms with Gasteiger partial charge in [0, 0.05) is 22.9 Å². The molecule has 1 atom stereocenters. The summed E-state index contributed by atoms with van der Waals surface area (Å²) in [5.41, 5.74) is 0.766. The molecule has 2 nitrogen and oxygen atoms in total. The summed E-state index contributed by atoms with van der Waals surface area (Å²) >= 11 is 6.95. The Balaban J connectivity index is 2.12. The van der Waals surface area contributed by atoms with E-state index in [-0.39, 0.29) is 5.91 Å². The fraction of sp³-hybridized carbons (Fsp3) is 0.462. The van der Waals surface area contributed by atoms with Crippen molar-refractivity contribution in [3.63, 3.8) is 0 Å². The third kappa shape index (κ3) is 3.10. The molecule has 1 aromatic carbocycles. The van der Waals surface area contributed by atoms with Gasteiger partial charge < -0.3 is 4.90 Å². The van der Waals surface area contributed by atoms with E-state index in [9.17, 15) is 4.79 Å². The molecule has 1 unspecified atom stereocenters. The summed E-state index contributed by atoms with van der Waals surface area (Å²) < 4.78 is 0.881. The van der Waals surface area contributed by atoms with Gasteiger partial charge >= 0.3 is 0 Å². The fourth-order valence-electron chi connectivity index (χ4n) is 2.18. The summed E-state index contributed by atoms with van der Waals surface area (Å²) in [4.78, 5) is 14.3. The Bertz CT molecular complexity index is 408. The minimum absolute atomic E-state index is 0.142. The molecule has 0 radical (unpaired) electrons. The van der Waals surface area contributed by atoms with Gasteiger partial charge in [0.2, 0.25) is 0 Å². The maximum absolute atomic E-state index is 12.4. The summed E-state index contributed by atoms with van der Waals surface area (Å²) in [6.07, 6.45) is 2.32. The van der Waals surface area contributed by atoms with Gasteiger partial charge in [-0.1, -0.05) is 28.1 Å². The van der Waals surface area contributed by atoms with E-state index in [0.717, 1.165) is 34.9 Å². The van der Waals surface area contributed by atoms with Crippen LogP contribution in [0.3, 0.4) is 0 Å². The number of halogens is 2. The molecule has 2 rings (SSSR count). The highest BCUT2D eigenvalue weighted by atomic mass is 79.9. The van der Waals surface area contributed by atoms with Crippen molar-refractivity contribution in [3.8, 4) is 0 Å². The van der Waals surface area contributed by atoms with Crippen LogP contribution in [0.1, 0.15) is 23.2 Å². The quantitative estimate of drug-likeness (QED) is 0.736. The Morgan fingerprint density at radius 1 is 1.41 bits per heavy atom. The molecule has 1 saturated heterocycles. The number of carbonyl (C=O) groups excluding carboxylic acids is 1. The van der Waals surface area contributed by atoms with E-state index < -0.39 is 0 Å². The van der Waals surface area contributed by atoms with E-state index in [1.165, 1.54) is 6.42 Å².